The van der Waals surface area contributed by atoms with Gasteiger partial charge in [-0.3, -0.25) is 4.90 Å². The van der Waals surface area contributed by atoms with Crippen molar-refractivity contribution in [1.82, 2.24) is 4.90 Å². The Morgan fingerprint density at radius 2 is 1.14 bits per heavy atom. The quantitative estimate of drug-likeness (QED) is 0.603. The maximum atomic E-state index is 6.05. The smallest absolute Gasteiger partial charge is 0.0597 e. The molecule has 2 saturated carbocycles. The molecule has 0 saturated heterocycles. The Morgan fingerprint density at radius 1 is 0.682 bits per heavy atom. The van der Waals surface area contributed by atoms with Gasteiger partial charge in [0, 0.05) is 13.1 Å². The standard InChI is InChI=1S/C19H36NO2/c1-2-13-20(14-16-21-18-9-5-3-6-10-18)15-17-22-19-11-7-4-8-12-19/h18-19H,1-17H2. The van der Waals surface area contributed by atoms with Crippen LogP contribution >= 0.6 is 0 Å². The predicted molar refractivity (Wildman–Crippen MR) is 92.1 cm³/mol. The van der Waals surface area contributed by atoms with Crippen LogP contribution in [-0.2, 0) is 9.47 Å². The fourth-order valence-electron chi connectivity index (χ4n) is 3.72. The van der Waals surface area contributed by atoms with Gasteiger partial charge in [0.15, 0.2) is 0 Å². The largest absolute Gasteiger partial charge is 0.377 e. The Balaban J connectivity index is 1.55. The summed E-state index contributed by atoms with van der Waals surface area (Å²) >= 11 is 0. The van der Waals surface area contributed by atoms with Gasteiger partial charge in [0.25, 0.3) is 0 Å². The molecular weight excluding hydrogens is 274 g/mol. The Hall–Kier alpha value is -0.120. The Morgan fingerprint density at radius 3 is 1.55 bits per heavy atom. The molecule has 0 aliphatic heterocycles. The van der Waals surface area contributed by atoms with Gasteiger partial charge in [0.2, 0.25) is 0 Å². The van der Waals surface area contributed by atoms with Gasteiger partial charge in [-0.15, -0.1) is 0 Å². The van der Waals surface area contributed by atoms with Gasteiger partial charge in [-0.25, -0.2) is 0 Å². The molecule has 3 heteroatoms. The first kappa shape index (κ1) is 18.2. The van der Waals surface area contributed by atoms with Crippen LogP contribution in [0, 0.1) is 6.92 Å². The molecule has 2 fully saturated rings. The molecule has 3 nitrogen and oxygen atoms in total. The highest BCUT2D eigenvalue weighted by molar-refractivity contribution is 4.67. The Kier molecular flexibility index (Phi) is 9.46. The molecule has 2 rings (SSSR count). The van der Waals surface area contributed by atoms with Crippen LogP contribution in [0.2, 0.25) is 0 Å². The number of ether oxygens (including phenoxy) is 2. The second kappa shape index (κ2) is 11.4. The van der Waals surface area contributed by atoms with E-state index in [1.165, 1.54) is 64.2 Å². The molecular formula is C19H36NO2. The molecule has 0 aromatic rings. The van der Waals surface area contributed by atoms with E-state index in [0.29, 0.717) is 12.2 Å². The van der Waals surface area contributed by atoms with Crippen molar-refractivity contribution in [2.75, 3.05) is 32.8 Å². The highest BCUT2D eigenvalue weighted by Gasteiger charge is 2.15. The molecule has 0 N–H and O–H groups in total. The number of nitrogens with zero attached hydrogens (tertiary/aromatic N) is 1. The number of hydrogen-bond donors (Lipinski definition) is 0. The summed E-state index contributed by atoms with van der Waals surface area (Å²) in [5.74, 6) is 0. The lowest BCUT2D eigenvalue weighted by atomic mass is 9.98. The molecule has 22 heavy (non-hydrogen) atoms. The molecule has 0 unspecified atom stereocenters. The van der Waals surface area contributed by atoms with Gasteiger partial charge in [0.1, 0.15) is 0 Å². The van der Waals surface area contributed by atoms with Gasteiger partial charge in [-0.05, 0) is 38.6 Å². The van der Waals surface area contributed by atoms with Gasteiger partial charge >= 0.3 is 0 Å². The number of hydrogen-bond acceptors (Lipinski definition) is 3. The van der Waals surface area contributed by atoms with E-state index in [-0.39, 0.29) is 0 Å². The fraction of sp³-hybridized carbons (Fsp3) is 0.947. The van der Waals surface area contributed by atoms with Crippen molar-refractivity contribution < 1.29 is 9.47 Å². The zero-order chi connectivity index (χ0) is 15.5. The van der Waals surface area contributed by atoms with E-state index < -0.39 is 0 Å². The summed E-state index contributed by atoms with van der Waals surface area (Å²) in [4.78, 5) is 2.46. The molecule has 0 heterocycles. The Labute approximate surface area is 137 Å². The van der Waals surface area contributed by atoms with E-state index in [2.05, 4.69) is 11.8 Å². The molecule has 0 amide bonds. The third kappa shape index (κ3) is 7.43. The first-order valence-corrected chi connectivity index (χ1v) is 9.63. The lowest BCUT2D eigenvalue weighted by Crippen LogP contribution is -2.34. The maximum Gasteiger partial charge on any atom is 0.0597 e. The normalized spacial score (nSPS) is 21.5. The molecule has 2 aliphatic carbocycles. The van der Waals surface area contributed by atoms with Crippen LogP contribution in [-0.4, -0.2) is 50.0 Å². The molecule has 2 aliphatic rings. The summed E-state index contributed by atoms with van der Waals surface area (Å²) in [6.45, 7) is 8.85. The van der Waals surface area contributed by atoms with Crippen LogP contribution in [0.3, 0.4) is 0 Å². The SMILES string of the molecule is [CH2]CCN(CCOC1CCCCC1)CCOC1CCCCC1. The van der Waals surface area contributed by atoms with Crippen LogP contribution in [0.25, 0.3) is 0 Å². The summed E-state index contributed by atoms with van der Waals surface area (Å²) in [5.41, 5.74) is 0. The first-order chi connectivity index (χ1) is 10.9. The zero-order valence-electron chi connectivity index (χ0n) is 14.4. The van der Waals surface area contributed by atoms with Crippen molar-refractivity contribution >= 4 is 0 Å². The highest BCUT2D eigenvalue weighted by Crippen LogP contribution is 2.21. The first-order valence-electron chi connectivity index (χ1n) is 9.63. The zero-order valence-corrected chi connectivity index (χ0v) is 14.4. The maximum absolute atomic E-state index is 6.05. The molecule has 1 radical (unpaired) electrons. The topological polar surface area (TPSA) is 21.7 Å². The molecule has 0 spiro atoms. The molecule has 0 atom stereocenters. The fourth-order valence-corrected chi connectivity index (χ4v) is 3.72. The van der Waals surface area contributed by atoms with E-state index in [4.69, 9.17) is 9.47 Å². The van der Waals surface area contributed by atoms with E-state index in [1.54, 1.807) is 0 Å². The molecule has 129 valence electrons. The minimum Gasteiger partial charge on any atom is -0.377 e. The average Bonchev–Trinajstić information content (AvgIpc) is 2.57. The van der Waals surface area contributed by atoms with Gasteiger partial charge in [0.05, 0.1) is 25.4 Å². The van der Waals surface area contributed by atoms with Gasteiger partial charge in [-0.1, -0.05) is 45.4 Å². The van der Waals surface area contributed by atoms with Crippen molar-refractivity contribution in [3.63, 3.8) is 0 Å². The summed E-state index contributed by atoms with van der Waals surface area (Å²) in [5, 5.41) is 0. The van der Waals surface area contributed by atoms with Crippen LogP contribution in [0.15, 0.2) is 0 Å². The van der Waals surface area contributed by atoms with Crippen LogP contribution in [0.4, 0.5) is 0 Å². The summed E-state index contributed by atoms with van der Waals surface area (Å²) in [6.07, 6.45) is 15.3. The third-order valence-corrected chi connectivity index (χ3v) is 5.10. The average molecular weight is 311 g/mol. The van der Waals surface area contributed by atoms with E-state index in [1.807, 2.05) is 0 Å². The predicted octanol–water partition coefficient (Wildman–Crippen LogP) is 4.21. The second-order valence-electron chi connectivity index (χ2n) is 6.96. The highest BCUT2D eigenvalue weighted by atomic mass is 16.5. The summed E-state index contributed by atoms with van der Waals surface area (Å²) < 4.78 is 12.1. The van der Waals surface area contributed by atoms with E-state index >= 15 is 0 Å². The molecule has 0 bridgehead atoms. The van der Waals surface area contributed by atoms with Crippen molar-refractivity contribution in [2.45, 2.75) is 82.8 Å². The summed E-state index contributed by atoms with van der Waals surface area (Å²) in [7, 11) is 0. The Bertz CT molecular complexity index is 236. The lowest BCUT2D eigenvalue weighted by Gasteiger charge is -2.27. The number of rotatable bonds is 10. The summed E-state index contributed by atoms with van der Waals surface area (Å²) in [6, 6.07) is 0. The van der Waals surface area contributed by atoms with Crippen molar-refractivity contribution in [1.29, 1.82) is 0 Å². The van der Waals surface area contributed by atoms with E-state index in [0.717, 1.165) is 39.3 Å². The monoisotopic (exact) mass is 310 g/mol. The molecule has 0 aromatic carbocycles. The van der Waals surface area contributed by atoms with Crippen molar-refractivity contribution in [3.8, 4) is 0 Å². The van der Waals surface area contributed by atoms with Crippen LogP contribution in [0.1, 0.15) is 70.6 Å². The third-order valence-electron chi connectivity index (χ3n) is 5.10. The minimum atomic E-state index is 0.522. The van der Waals surface area contributed by atoms with Crippen molar-refractivity contribution in [2.24, 2.45) is 0 Å². The van der Waals surface area contributed by atoms with Crippen LogP contribution < -0.4 is 0 Å². The van der Waals surface area contributed by atoms with Gasteiger partial charge < -0.3 is 9.47 Å². The van der Waals surface area contributed by atoms with E-state index in [9.17, 15) is 0 Å². The molecule has 0 aromatic heterocycles. The lowest BCUT2D eigenvalue weighted by molar-refractivity contribution is -0.00237. The van der Waals surface area contributed by atoms with Gasteiger partial charge in [-0.2, -0.15) is 0 Å². The van der Waals surface area contributed by atoms with Crippen LogP contribution in [0.5, 0.6) is 0 Å². The minimum absolute atomic E-state index is 0.522. The van der Waals surface area contributed by atoms with Crippen molar-refractivity contribution in [3.05, 3.63) is 6.92 Å². The second-order valence-corrected chi connectivity index (χ2v) is 6.96.